The molecule has 1 rings (SSSR count). The molecular formula is C11H24O4. The Bertz CT molecular complexity index is 145. The first-order valence-corrected chi connectivity index (χ1v) is 5.53. The van der Waals surface area contributed by atoms with E-state index in [2.05, 4.69) is 0 Å². The van der Waals surface area contributed by atoms with Gasteiger partial charge in [-0.25, -0.2) is 0 Å². The highest BCUT2D eigenvalue weighted by molar-refractivity contribution is 4.80. The number of hydrogen-bond donors (Lipinski definition) is 4. The van der Waals surface area contributed by atoms with Crippen LogP contribution in [0.2, 0.25) is 0 Å². The van der Waals surface area contributed by atoms with Crippen LogP contribution in [0.4, 0.5) is 0 Å². The average molecular weight is 220 g/mol. The normalized spacial score (nSPS) is 31.0. The predicted octanol–water partition coefficient (Wildman–Crippen LogP) is 0.279. The van der Waals surface area contributed by atoms with Crippen molar-refractivity contribution in [2.45, 2.75) is 51.2 Å². The van der Waals surface area contributed by atoms with Gasteiger partial charge in [-0.15, -0.1) is 0 Å². The van der Waals surface area contributed by atoms with Crippen molar-refractivity contribution in [1.82, 2.24) is 0 Å². The highest BCUT2D eigenvalue weighted by atomic mass is 16.3. The fourth-order valence-electron chi connectivity index (χ4n) is 1.28. The number of rotatable bonds is 2. The molecule has 0 heterocycles. The highest BCUT2D eigenvalue weighted by Crippen LogP contribution is 2.27. The molecule has 1 aliphatic rings. The number of hydrogen-bond acceptors (Lipinski definition) is 4. The predicted molar refractivity (Wildman–Crippen MR) is 58.4 cm³/mol. The Labute approximate surface area is 91.6 Å². The maximum atomic E-state index is 9.38. The van der Waals surface area contributed by atoms with E-state index in [1.807, 2.05) is 6.92 Å². The largest absolute Gasteiger partial charge is 0.396 e. The van der Waals surface area contributed by atoms with Crippen LogP contribution in [-0.2, 0) is 0 Å². The van der Waals surface area contributed by atoms with Crippen LogP contribution in [0.3, 0.4) is 0 Å². The van der Waals surface area contributed by atoms with Crippen molar-refractivity contribution in [1.29, 1.82) is 0 Å². The van der Waals surface area contributed by atoms with E-state index in [-0.39, 0.29) is 25.2 Å². The summed E-state index contributed by atoms with van der Waals surface area (Å²) in [5.74, 6) is 0.0463. The fraction of sp³-hybridized carbons (Fsp3) is 1.00. The second-order valence-electron chi connectivity index (χ2n) is 4.70. The smallest absolute Gasteiger partial charge is 0.0621 e. The zero-order chi connectivity index (χ0) is 11.9. The van der Waals surface area contributed by atoms with E-state index >= 15 is 0 Å². The van der Waals surface area contributed by atoms with E-state index in [0.717, 1.165) is 25.7 Å². The molecule has 0 bridgehead atoms. The summed E-state index contributed by atoms with van der Waals surface area (Å²) in [7, 11) is 0. The SMILES string of the molecule is CC(CO)CO.CC1(O)CCC(O)CC1. The average Bonchev–Trinajstić information content (AvgIpc) is 2.22. The van der Waals surface area contributed by atoms with Crippen molar-refractivity contribution in [2.75, 3.05) is 13.2 Å². The van der Waals surface area contributed by atoms with E-state index in [0.29, 0.717) is 0 Å². The molecule has 0 aromatic heterocycles. The number of aliphatic hydroxyl groups excluding tert-OH is 3. The van der Waals surface area contributed by atoms with E-state index in [4.69, 9.17) is 15.3 Å². The Morgan fingerprint density at radius 3 is 1.80 bits per heavy atom. The molecule has 0 unspecified atom stereocenters. The zero-order valence-electron chi connectivity index (χ0n) is 9.69. The molecule has 0 aliphatic heterocycles. The van der Waals surface area contributed by atoms with E-state index in [9.17, 15) is 5.11 Å². The van der Waals surface area contributed by atoms with E-state index < -0.39 is 5.60 Å². The lowest BCUT2D eigenvalue weighted by molar-refractivity contribution is -0.0175. The first kappa shape index (κ1) is 14.8. The van der Waals surface area contributed by atoms with Crippen LogP contribution in [0.5, 0.6) is 0 Å². The number of aliphatic hydroxyl groups is 4. The third-order valence-electron chi connectivity index (χ3n) is 2.66. The van der Waals surface area contributed by atoms with Crippen molar-refractivity contribution in [2.24, 2.45) is 5.92 Å². The van der Waals surface area contributed by atoms with Gasteiger partial charge in [0, 0.05) is 19.1 Å². The summed E-state index contributed by atoms with van der Waals surface area (Å²) < 4.78 is 0. The molecule has 0 aromatic rings. The van der Waals surface area contributed by atoms with Gasteiger partial charge in [-0.2, -0.15) is 0 Å². The summed E-state index contributed by atoms with van der Waals surface area (Å²) in [6, 6.07) is 0. The summed E-state index contributed by atoms with van der Waals surface area (Å²) in [5, 5.41) is 34.8. The first-order valence-electron chi connectivity index (χ1n) is 5.53. The molecule has 4 heteroatoms. The molecule has 4 N–H and O–H groups in total. The minimum Gasteiger partial charge on any atom is -0.396 e. The van der Waals surface area contributed by atoms with Crippen LogP contribution in [0.1, 0.15) is 39.5 Å². The Hall–Kier alpha value is -0.160. The molecule has 0 amide bonds. The van der Waals surface area contributed by atoms with Crippen LogP contribution in [-0.4, -0.2) is 45.3 Å². The molecule has 15 heavy (non-hydrogen) atoms. The highest BCUT2D eigenvalue weighted by Gasteiger charge is 2.27. The Morgan fingerprint density at radius 1 is 1.20 bits per heavy atom. The van der Waals surface area contributed by atoms with Gasteiger partial charge in [0.25, 0.3) is 0 Å². The van der Waals surface area contributed by atoms with Gasteiger partial charge in [0.1, 0.15) is 0 Å². The lowest BCUT2D eigenvalue weighted by atomic mass is 9.85. The molecule has 1 fully saturated rings. The van der Waals surface area contributed by atoms with Gasteiger partial charge < -0.3 is 20.4 Å². The zero-order valence-corrected chi connectivity index (χ0v) is 9.69. The van der Waals surface area contributed by atoms with Crippen LogP contribution in [0.25, 0.3) is 0 Å². The molecule has 1 saturated carbocycles. The van der Waals surface area contributed by atoms with E-state index in [1.165, 1.54) is 0 Å². The Kier molecular flexibility index (Phi) is 7.09. The summed E-state index contributed by atoms with van der Waals surface area (Å²) in [5.41, 5.74) is -0.501. The van der Waals surface area contributed by atoms with Crippen molar-refractivity contribution in [3.8, 4) is 0 Å². The second kappa shape index (κ2) is 7.17. The van der Waals surface area contributed by atoms with Crippen LogP contribution >= 0.6 is 0 Å². The standard InChI is InChI=1S/C7H14O2.C4H10O2/c1-7(9)4-2-6(8)3-5-7;1-4(2-5)3-6/h6,8-9H,2-5H2,1H3;4-6H,2-3H2,1H3. The van der Waals surface area contributed by atoms with Crippen molar-refractivity contribution < 1.29 is 20.4 Å². The lowest BCUT2D eigenvalue weighted by Crippen LogP contribution is -2.32. The maximum Gasteiger partial charge on any atom is 0.0621 e. The lowest BCUT2D eigenvalue weighted by Gasteiger charge is -2.30. The fourth-order valence-corrected chi connectivity index (χ4v) is 1.28. The minimum absolute atomic E-state index is 0.0463. The molecule has 92 valence electrons. The minimum atomic E-state index is -0.501. The topological polar surface area (TPSA) is 80.9 Å². The van der Waals surface area contributed by atoms with Crippen LogP contribution < -0.4 is 0 Å². The molecule has 0 spiro atoms. The molecule has 1 aliphatic carbocycles. The van der Waals surface area contributed by atoms with Crippen molar-refractivity contribution in [3.63, 3.8) is 0 Å². The second-order valence-corrected chi connectivity index (χ2v) is 4.70. The third kappa shape index (κ3) is 7.73. The molecule has 4 nitrogen and oxygen atoms in total. The van der Waals surface area contributed by atoms with Crippen LogP contribution in [0, 0.1) is 5.92 Å². The van der Waals surface area contributed by atoms with Gasteiger partial charge in [0.2, 0.25) is 0 Å². The molecule has 0 aromatic carbocycles. The third-order valence-corrected chi connectivity index (χ3v) is 2.66. The van der Waals surface area contributed by atoms with Crippen molar-refractivity contribution >= 4 is 0 Å². The summed E-state index contributed by atoms with van der Waals surface area (Å²) in [4.78, 5) is 0. The maximum absolute atomic E-state index is 9.38. The molecule has 0 atom stereocenters. The molecule has 0 saturated heterocycles. The Balaban J connectivity index is 0.000000288. The van der Waals surface area contributed by atoms with Gasteiger partial charge >= 0.3 is 0 Å². The van der Waals surface area contributed by atoms with Gasteiger partial charge in [0.15, 0.2) is 0 Å². The van der Waals surface area contributed by atoms with Gasteiger partial charge in [-0.05, 0) is 32.6 Å². The monoisotopic (exact) mass is 220 g/mol. The van der Waals surface area contributed by atoms with Gasteiger partial charge in [-0.3, -0.25) is 0 Å². The first-order chi connectivity index (χ1) is 6.91. The molecular weight excluding hydrogens is 196 g/mol. The summed E-state index contributed by atoms with van der Waals surface area (Å²) in [6.07, 6.45) is 2.84. The van der Waals surface area contributed by atoms with Gasteiger partial charge in [-0.1, -0.05) is 6.92 Å². The van der Waals surface area contributed by atoms with E-state index in [1.54, 1.807) is 6.92 Å². The van der Waals surface area contributed by atoms with Crippen molar-refractivity contribution in [3.05, 3.63) is 0 Å². The summed E-state index contributed by atoms with van der Waals surface area (Å²) >= 11 is 0. The van der Waals surface area contributed by atoms with Crippen LogP contribution in [0.15, 0.2) is 0 Å². The van der Waals surface area contributed by atoms with Gasteiger partial charge in [0.05, 0.1) is 11.7 Å². The summed E-state index contributed by atoms with van der Waals surface area (Å²) in [6.45, 7) is 3.77. The Morgan fingerprint density at radius 2 is 1.60 bits per heavy atom. The quantitative estimate of drug-likeness (QED) is 0.539. The molecule has 0 radical (unpaired) electrons.